The first kappa shape index (κ1) is 38.3. The first-order valence-electron chi connectivity index (χ1n) is 19.9. The molecule has 6 aliphatic rings. The molecule has 0 aromatic heterocycles. The quantitative estimate of drug-likeness (QED) is 0.343. The molecule has 8 atom stereocenters. The molecule has 1 aliphatic carbocycles. The summed E-state index contributed by atoms with van der Waals surface area (Å²) < 4.78 is 37.8. The van der Waals surface area contributed by atoms with Crippen LogP contribution in [0, 0.1) is 0 Å². The van der Waals surface area contributed by atoms with E-state index in [1.54, 1.807) is 61.0 Å². The molecule has 5 heterocycles. The standard InChI is InChI=1S/C44H49N5O8S/c1-9-39(3)37(53)47-33-23-28-17-13-14-20-30(28)43(33,24-40(47,4)35(51)45(39)7)44-25-41(5)36(52)46(8)42(6,26-57-27(2)50)38(54)48(41)34(44)49(32-22-16-15-21-31(32)44)58(55,56)29-18-11-10-12-19-29/h10-22,33-34H,9,23-26H2,1-8H3/t33-,34-,39-,40-,41-,42-,43-,44-/m0/s1. The molecule has 0 radical (unpaired) electrons. The topological polar surface area (TPSA) is 145 Å². The summed E-state index contributed by atoms with van der Waals surface area (Å²) in [6, 6.07) is 22.5. The van der Waals surface area contributed by atoms with E-state index < -0.39 is 79.6 Å². The monoisotopic (exact) mass is 807 g/mol. The lowest BCUT2D eigenvalue weighted by Gasteiger charge is -2.54. The second-order valence-corrected chi connectivity index (χ2v) is 19.8. The van der Waals surface area contributed by atoms with Crippen LogP contribution in [0.5, 0.6) is 0 Å². The van der Waals surface area contributed by atoms with Crippen molar-refractivity contribution in [2.45, 2.75) is 117 Å². The Hall–Kier alpha value is -5.24. The molecular weight excluding hydrogens is 759 g/mol. The van der Waals surface area contributed by atoms with Crippen LogP contribution in [0.25, 0.3) is 0 Å². The van der Waals surface area contributed by atoms with Gasteiger partial charge in [-0.1, -0.05) is 67.6 Å². The van der Waals surface area contributed by atoms with Crippen LogP contribution >= 0.6 is 0 Å². The van der Waals surface area contributed by atoms with Crippen molar-refractivity contribution >= 4 is 45.3 Å². The number of benzene rings is 3. The number of esters is 1. The van der Waals surface area contributed by atoms with Crippen molar-refractivity contribution in [1.82, 2.24) is 19.6 Å². The van der Waals surface area contributed by atoms with Gasteiger partial charge in [0.15, 0.2) is 5.54 Å². The number of piperazine rings is 2. The Labute approximate surface area is 338 Å². The molecule has 3 aromatic rings. The second-order valence-electron chi connectivity index (χ2n) is 18.0. The van der Waals surface area contributed by atoms with Gasteiger partial charge < -0.3 is 24.3 Å². The van der Waals surface area contributed by atoms with Crippen molar-refractivity contribution < 1.29 is 37.1 Å². The Balaban J connectivity index is 1.41. The van der Waals surface area contributed by atoms with Gasteiger partial charge in [-0.25, -0.2) is 12.7 Å². The normalized spacial score (nSPS) is 36.1. The number of carbonyl (C=O) groups excluding carboxylic acids is 5. The average Bonchev–Trinajstić information content (AvgIpc) is 3.87. The van der Waals surface area contributed by atoms with Crippen LogP contribution in [0.3, 0.4) is 0 Å². The number of sulfonamides is 1. The fourth-order valence-electron chi connectivity index (χ4n) is 12.2. The summed E-state index contributed by atoms with van der Waals surface area (Å²) in [5.74, 6) is -2.10. The number of likely N-dealkylation sites (N-methyl/N-ethyl adjacent to an activating group) is 2. The van der Waals surface area contributed by atoms with Crippen LogP contribution in [0.4, 0.5) is 5.69 Å². The maximum absolute atomic E-state index is 15.7. The van der Waals surface area contributed by atoms with Crippen molar-refractivity contribution in [1.29, 1.82) is 0 Å². The van der Waals surface area contributed by atoms with E-state index in [1.165, 1.54) is 47.1 Å². The van der Waals surface area contributed by atoms with E-state index in [-0.39, 0.29) is 29.6 Å². The Morgan fingerprint density at radius 2 is 1.24 bits per heavy atom. The number of amides is 4. The van der Waals surface area contributed by atoms with Crippen molar-refractivity contribution in [3.8, 4) is 0 Å². The average molecular weight is 808 g/mol. The molecule has 58 heavy (non-hydrogen) atoms. The molecule has 9 rings (SSSR count). The molecule has 0 spiro atoms. The minimum absolute atomic E-state index is 0.00727. The van der Waals surface area contributed by atoms with Gasteiger partial charge in [-0.2, -0.15) is 0 Å². The van der Waals surface area contributed by atoms with Gasteiger partial charge in [-0.05, 0) is 88.3 Å². The maximum Gasteiger partial charge on any atom is 0.302 e. The lowest BCUT2D eigenvalue weighted by Crippen LogP contribution is -2.76. The molecule has 13 nitrogen and oxygen atoms in total. The smallest absolute Gasteiger partial charge is 0.302 e. The summed E-state index contributed by atoms with van der Waals surface area (Å²) in [4.78, 5) is 79.6. The molecule has 0 unspecified atom stereocenters. The molecule has 0 saturated carbocycles. The van der Waals surface area contributed by atoms with Crippen LogP contribution in [-0.4, -0.2) is 113 Å². The Morgan fingerprint density at radius 1 is 0.707 bits per heavy atom. The van der Waals surface area contributed by atoms with E-state index in [1.807, 2.05) is 50.2 Å². The SMILES string of the molecule is CC[C@@]1(C)C(=O)N2[C@H]3Cc4ccccc4[C@@]3([C@]34C[C@@]5(C)C(=O)N(C)[C@@](C)(COC(C)=O)C(=O)N5[C@H]3N(S(=O)(=O)c3ccccc3)c3ccccc34)C[C@@]2(C)C(=O)N1C. The van der Waals surface area contributed by atoms with Crippen LogP contribution in [0.2, 0.25) is 0 Å². The number of carbonyl (C=O) groups is 5. The number of fused-ring (bicyclic) bond motifs is 11. The van der Waals surface area contributed by atoms with Gasteiger partial charge in [0.1, 0.15) is 29.4 Å². The Bertz CT molecular complexity index is 2480. The minimum Gasteiger partial charge on any atom is -0.463 e. The van der Waals surface area contributed by atoms with Gasteiger partial charge in [-0.15, -0.1) is 0 Å². The van der Waals surface area contributed by atoms with Crippen LogP contribution in [-0.2, 0) is 56.0 Å². The van der Waals surface area contributed by atoms with E-state index in [4.69, 9.17) is 4.74 Å². The Morgan fingerprint density at radius 3 is 1.88 bits per heavy atom. The van der Waals surface area contributed by atoms with Gasteiger partial charge in [0.05, 0.1) is 16.0 Å². The van der Waals surface area contributed by atoms with E-state index in [0.717, 1.165) is 11.1 Å². The number of nitrogens with zero attached hydrogens (tertiary/aromatic N) is 5. The van der Waals surface area contributed by atoms with E-state index >= 15 is 27.6 Å². The fraction of sp³-hybridized carbons (Fsp3) is 0.477. The highest BCUT2D eigenvalue weighted by atomic mass is 32.2. The summed E-state index contributed by atoms with van der Waals surface area (Å²) in [6.07, 6.45) is -0.540. The summed E-state index contributed by atoms with van der Waals surface area (Å²) in [6.45, 7) is 9.50. The lowest BCUT2D eigenvalue weighted by atomic mass is 9.52. The van der Waals surface area contributed by atoms with E-state index in [0.29, 0.717) is 24.1 Å². The molecule has 4 fully saturated rings. The van der Waals surface area contributed by atoms with Gasteiger partial charge in [-0.3, -0.25) is 24.0 Å². The van der Waals surface area contributed by atoms with Gasteiger partial charge in [0.25, 0.3) is 15.9 Å². The summed E-state index contributed by atoms with van der Waals surface area (Å²) >= 11 is 0. The molecule has 5 aliphatic heterocycles. The van der Waals surface area contributed by atoms with Gasteiger partial charge >= 0.3 is 5.97 Å². The number of hydrogen-bond donors (Lipinski definition) is 0. The third-order valence-corrected chi connectivity index (χ3v) is 17.1. The van der Waals surface area contributed by atoms with Crippen molar-refractivity contribution in [3.05, 3.63) is 95.6 Å². The van der Waals surface area contributed by atoms with Gasteiger partial charge in [0.2, 0.25) is 17.7 Å². The van der Waals surface area contributed by atoms with Crippen LogP contribution in [0.1, 0.15) is 77.5 Å². The first-order valence-corrected chi connectivity index (χ1v) is 21.3. The molecule has 4 saturated heterocycles. The molecule has 4 amide bonds. The molecule has 304 valence electrons. The van der Waals surface area contributed by atoms with Crippen molar-refractivity contribution in [2.75, 3.05) is 25.0 Å². The zero-order valence-electron chi connectivity index (χ0n) is 34.1. The molecule has 14 heteroatoms. The largest absolute Gasteiger partial charge is 0.463 e. The summed E-state index contributed by atoms with van der Waals surface area (Å²) in [7, 11) is -1.31. The summed E-state index contributed by atoms with van der Waals surface area (Å²) in [5.41, 5.74) is -5.73. The molecule has 3 aromatic carbocycles. The predicted molar refractivity (Wildman–Crippen MR) is 213 cm³/mol. The van der Waals surface area contributed by atoms with Crippen LogP contribution in [0.15, 0.2) is 83.8 Å². The minimum atomic E-state index is -4.50. The zero-order valence-corrected chi connectivity index (χ0v) is 34.9. The number of anilines is 1. The molecule has 0 bridgehead atoms. The molecular formula is C44H49N5O8S. The number of para-hydroxylation sites is 1. The number of hydrogen-bond acceptors (Lipinski definition) is 8. The number of rotatable bonds is 6. The van der Waals surface area contributed by atoms with Gasteiger partial charge in [0, 0.05) is 32.5 Å². The number of ether oxygens (including phenoxy) is 1. The van der Waals surface area contributed by atoms with E-state index in [2.05, 4.69) is 0 Å². The predicted octanol–water partition coefficient (Wildman–Crippen LogP) is 3.74. The second kappa shape index (κ2) is 11.7. The van der Waals surface area contributed by atoms with Crippen molar-refractivity contribution in [3.63, 3.8) is 0 Å². The highest BCUT2D eigenvalue weighted by Crippen LogP contribution is 2.74. The highest BCUT2D eigenvalue weighted by molar-refractivity contribution is 7.93. The molecule has 0 N–H and O–H groups in total. The first-order chi connectivity index (χ1) is 27.2. The van der Waals surface area contributed by atoms with Crippen LogP contribution < -0.4 is 4.31 Å². The fourth-order valence-corrected chi connectivity index (χ4v) is 13.9. The maximum atomic E-state index is 15.7. The zero-order chi connectivity index (χ0) is 41.7. The third kappa shape index (κ3) is 4.12. The lowest BCUT2D eigenvalue weighted by molar-refractivity contribution is -0.180. The van der Waals surface area contributed by atoms with E-state index in [9.17, 15) is 4.79 Å². The highest BCUT2D eigenvalue weighted by Gasteiger charge is 2.84. The van der Waals surface area contributed by atoms with Crippen molar-refractivity contribution in [2.24, 2.45) is 0 Å². The Kier molecular flexibility index (Phi) is 7.72. The summed E-state index contributed by atoms with van der Waals surface area (Å²) in [5, 5.41) is 0. The third-order valence-electron chi connectivity index (χ3n) is 15.3.